The molecule has 8 heteroatoms. The third kappa shape index (κ3) is 4.66. The fourth-order valence-corrected chi connectivity index (χ4v) is 1.27. The predicted molar refractivity (Wildman–Crippen MR) is 58.1 cm³/mol. The summed E-state index contributed by atoms with van der Waals surface area (Å²) in [7, 11) is 0. The first-order valence-electron chi connectivity index (χ1n) is 4.05. The molecule has 4 N–H and O–H groups in total. The van der Waals surface area contributed by atoms with E-state index in [1.54, 1.807) is 0 Å². The zero-order chi connectivity index (χ0) is 11.3. The fourth-order valence-electron chi connectivity index (χ4n) is 0.857. The summed E-state index contributed by atoms with van der Waals surface area (Å²) < 4.78 is 0. The molecule has 0 atom stereocenters. The smallest absolute Gasteiger partial charge is 0.312 e. The Morgan fingerprint density at radius 1 is 1.40 bits per heavy atom. The number of urea groups is 1. The average molecular weight is 250 g/mol. The molecule has 1 rings (SSSR count). The van der Waals surface area contributed by atoms with E-state index >= 15 is 0 Å². The number of rotatable bonds is 4. The van der Waals surface area contributed by atoms with E-state index in [0.717, 1.165) is 0 Å². The minimum atomic E-state index is -0.574. The van der Waals surface area contributed by atoms with E-state index in [9.17, 15) is 4.79 Å². The van der Waals surface area contributed by atoms with Gasteiger partial charge in [0, 0.05) is 19.2 Å². The Labute approximate surface area is 96.2 Å². The molecule has 1 aromatic rings. The van der Waals surface area contributed by atoms with Crippen molar-refractivity contribution in [1.82, 2.24) is 15.3 Å². The van der Waals surface area contributed by atoms with Crippen molar-refractivity contribution in [3.05, 3.63) is 16.5 Å². The van der Waals surface area contributed by atoms with Crippen molar-refractivity contribution in [3.63, 3.8) is 0 Å². The second-order valence-electron chi connectivity index (χ2n) is 2.56. The SMILES string of the molecule is NC(=O)NCCNc1cc(Cl)nc(Cl)n1. The number of primary amides is 1. The number of carbonyl (C=O) groups excluding carboxylic acids is 1. The molecule has 1 aromatic heterocycles. The first-order chi connectivity index (χ1) is 7.08. The van der Waals surface area contributed by atoms with Gasteiger partial charge in [-0.05, 0) is 11.6 Å². The van der Waals surface area contributed by atoms with Crippen molar-refractivity contribution >= 4 is 35.1 Å². The van der Waals surface area contributed by atoms with E-state index in [0.29, 0.717) is 18.9 Å². The minimum Gasteiger partial charge on any atom is -0.368 e. The molecule has 0 radical (unpaired) electrons. The number of halogens is 2. The van der Waals surface area contributed by atoms with Crippen molar-refractivity contribution in [2.75, 3.05) is 18.4 Å². The van der Waals surface area contributed by atoms with Crippen LogP contribution in [-0.4, -0.2) is 29.1 Å². The number of carbonyl (C=O) groups is 1. The van der Waals surface area contributed by atoms with Crippen molar-refractivity contribution in [3.8, 4) is 0 Å². The molecule has 0 aliphatic rings. The van der Waals surface area contributed by atoms with Gasteiger partial charge in [0.2, 0.25) is 5.28 Å². The van der Waals surface area contributed by atoms with E-state index in [2.05, 4.69) is 20.6 Å². The zero-order valence-electron chi connectivity index (χ0n) is 7.63. The third-order valence-corrected chi connectivity index (χ3v) is 1.76. The highest BCUT2D eigenvalue weighted by molar-refractivity contribution is 6.32. The van der Waals surface area contributed by atoms with Crippen molar-refractivity contribution < 1.29 is 4.79 Å². The first-order valence-corrected chi connectivity index (χ1v) is 4.81. The maximum Gasteiger partial charge on any atom is 0.312 e. The molecular formula is C7H9Cl2N5O. The van der Waals surface area contributed by atoms with Gasteiger partial charge in [-0.1, -0.05) is 11.6 Å². The number of nitrogens with zero attached hydrogens (tertiary/aromatic N) is 2. The van der Waals surface area contributed by atoms with E-state index in [-0.39, 0.29) is 10.4 Å². The topological polar surface area (TPSA) is 92.9 Å². The highest BCUT2D eigenvalue weighted by Crippen LogP contribution is 2.13. The molecule has 82 valence electrons. The summed E-state index contributed by atoms with van der Waals surface area (Å²) in [6.07, 6.45) is 0. The number of hydrogen-bond donors (Lipinski definition) is 3. The summed E-state index contributed by atoms with van der Waals surface area (Å²) in [5, 5.41) is 5.62. The van der Waals surface area contributed by atoms with E-state index < -0.39 is 6.03 Å². The summed E-state index contributed by atoms with van der Waals surface area (Å²) in [6.45, 7) is 0.848. The van der Waals surface area contributed by atoms with Crippen LogP contribution in [-0.2, 0) is 0 Å². The molecule has 0 saturated heterocycles. The van der Waals surface area contributed by atoms with Gasteiger partial charge in [-0.3, -0.25) is 0 Å². The normalized spacial score (nSPS) is 9.73. The Morgan fingerprint density at radius 3 is 2.73 bits per heavy atom. The lowest BCUT2D eigenvalue weighted by molar-refractivity contribution is 0.249. The highest BCUT2D eigenvalue weighted by atomic mass is 35.5. The lowest BCUT2D eigenvalue weighted by atomic mass is 10.5. The minimum absolute atomic E-state index is 0.0628. The van der Waals surface area contributed by atoms with Crippen LogP contribution >= 0.6 is 23.2 Å². The second kappa shape index (κ2) is 5.57. The molecule has 0 aromatic carbocycles. The number of aromatic nitrogens is 2. The number of amides is 2. The number of anilines is 1. The largest absolute Gasteiger partial charge is 0.368 e. The van der Waals surface area contributed by atoms with Crippen LogP contribution in [0.5, 0.6) is 0 Å². The fraction of sp³-hybridized carbons (Fsp3) is 0.286. The van der Waals surface area contributed by atoms with Crippen molar-refractivity contribution in [2.45, 2.75) is 0 Å². The second-order valence-corrected chi connectivity index (χ2v) is 3.29. The predicted octanol–water partition coefficient (Wildman–Crippen LogP) is 0.864. The van der Waals surface area contributed by atoms with Crippen LogP contribution in [0.3, 0.4) is 0 Å². The van der Waals surface area contributed by atoms with Crippen LogP contribution in [0.2, 0.25) is 10.4 Å². The summed E-state index contributed by atoms with van der Waals surface area (Å²) in [5.74, 6) is 0.492. The van der Waals surface area contributed by atoms with Crippen LogP contribution in [0, 0.1) is 0 Å². The molecule has 0 saturated carbocycles. The Morgan fingerprint density at radius 2 is 2.13 bits per heavy atom. The first kappa shape index (κ1) is 11.8. The van der Waals surface area contributed by atoms with E-state index in [1.165, 1.54) is 6.07 Å². The van der Waals surface area contributed by atoms with Gasteiger partial charge in [-0.2, -0.15) is 0 Å². The van der Waals surface area contributed by atoms with Crippen molar-refractivity contribution in [1.29, 1.82) is 0 Å². The van der Waals surface area contributed by atoms with Gasteiger partial charge in [-0.25, -0.2) is 14.8 Å². The van der Waals surface area contributed by atoms with Gasteiger partial charge in [-0.15, -0.1) is 0 Å². The molecule has 2 amide bonds. The molecule has 0 unspecified atom stereocenters. The van der Waals surface area contributed by atoms with E-state index in [4.69, 9.17) is 28.9 Å². The monoisotopic (exact) mass is 249 g/mol. The quantitative estimate of drug-likeness (QED) is 0.419. The standard InChI is InChI=1S/C7H9Cl2N5O/c8-4-3-5(14-6(9)13-4)11-1-2-12-7(10)15/h3H,1-2H2,(H3,10,12,15)(H,11,13,14). The molecule has 0 spiro atoms. The molecular weight excluding hydrogens is 241 g/mol. The average Bonchev–Trinajstić information content (AvgIpc) is 2.10. The Bertz CT molecular complexity index is 339. The third-order valence-electron chi connectivity index (χ3n) is 1.40. The molecule has 0 aliphatic heterocycles. The van der Waals surface area contributed by atoms with Gasteiger partial charge in [0.25, 0.3) is 0 Å². The molecule has 0 aliphatic carbocycles. The molecule has 6 nitrogen and oxygen atoms in total. The maximum absolute atomic E-state index is 10.3. The lowest BCUT2D eigenvalue weighted by Gasteiger charge is -2.05. The van der Waals surface area contributed by atoms with Gasteiger partial charge in [0.1, 0.15) is 11.0 Å². The summed E-state index contributed by atoms with van der Waals surface area (Å²) in [5.41, 5.74) is 4.87. The lowest BCUT2D eigenvalue weighted by Crippen LogP contribution is -2.33. The van der Waals surface area contributed by atoms with Crippen LogP contribution in [0.4, 0.5) is 10.6 Å². The van der Waals surface area contributed by atoms with Gasteiger partial charge in [0.15, 0.2) is 0 Å². The summed E-state index contributed by atoms with van der Waals surface area (Å²) in [4.78, 5) is 17.9. The molecule has 1 heterocycles. The van der Waals surface area contributed by atoms with E-state index in [1.807, 2.05) is 0 Å². The summed E-state index contributed by atoms with van der Waals surface area (Å²) in [6, 6.07) is 0.952. The molecule has 0 fully saturated rings. The van der Waals surface area contributed by atoms with Gasteiger partial charge < -0.3 is 16.4 Å². The van der Waals surface area contributed by atoms with Crippen LogP contribution in [0.1, 0.15) is 0 Å². The zero-order valence-corrected chi connectivity index (χ0v) is 9.14. The van der Waals surface area contributed by atoms with Gasteiger partial charge in [0.05, 0.1) is 0 Å². The van der Waals surface area contributed by atoms with Crippen LogP contribution in [0.25, 0.3) is 0 Å². The molecule has 15 heavy (non-hydrogen) atoms. The highest BCUT2D eigenvalue weighted by Gasteiger charge is 2.00. The number of nitrogens with one attached hydrogen (secondary N) is 2. The van der Waals surface area contributed by atoms with Gasteiger partial charge >= 0.3 is 6.03 Å². The summed E-state index contributed by atoms with van der Waals surface area (Å²) >= 11 is 11.2. The van der Waals surface area contributed by atoms with Crippen molar-refractivity contribution in [2.24, 2.45) is 5.73 Å². The van der Waals surface area contributed by atoms with Crippen LogP contribution < -0.4 is 16.4 Å². The Kier molecular flexibility index (Phi) is 4.38. The number of nitrogens with two attached hydrogens (primary N) is 1. The van der Waals surface area contributed by atoms with Crippen LogP contribution in [0.15, 0.2) is 6.07 Å². The molecule has 0 bridgehead atoms. The number of hydrogen-bond acceptors (Lipinski definition) is 4. The Balaban J connectivity index is 2.40. The Hall–Kier alpha value is -1.27. The maximum atomic E-state index is 10.3.